The van der Waals surface area contributed by atoms with E-state index in [-0.39, 0.29) is 0 Å². The SMILES string of the molecule is FC(F)(F)CN1C=CCC1. The third-order valence-electron chi connectivity index (χ3n) is 1.28. The van der Waals surface area contributed by atoms with Gasteiger partial charge in [0.1, 0.15) is 6.54 Å². The Kier molecular flexibility index (Phi) is 1.87. The van der Waals surface area contributed by atoms with Crippen LogP contribution in [0.2, 0.25) is 0 Å². The molecule has 0 aliphatic carbocycles. The molecule has 4 heteroatoms. The summed E-state index contributed by atoms with van der Waals surface area (Å²) in [5.74, 6) is 0. The van der Waals surface area contributed by atoms with E-state index in [0.717, 1.165) is 6.42 Å². The Hall–Kier alpha value is -0.670. The Morgan fingerprint density at radius 3 is 2.50 bits per heavy atom. The van der Waals surface area contributed by atoms with Crippen LogP contribution in [0.1, 0.15) is 6.42 Å². The van der Waals surface area contributed by atoms with E-state index in [9.17, 15) is 13.2 Å². The molecule has 0 fully saturated rings. The molecule has 0 amide bonds. The normalized spacial score (nSPS) is 18.5. The molecule has 0 aromatic rings. The van der Waals surface area contributed by atoms with Crippen LogP contribution in [0.5, 0.6) is 0 Å². The average Bonchev–Trinajstić information content (AvgIpc) is 2.12. The second-order valence-electron chi connectivity index (χ2n) is 2.26. The zero-order valence-corrected chi connectivity index (χ0v) is 5.36. The lowest BCUT2D eigenvalue weighted by Crippen LogP contribution is -2.28. The predicted octanol–water partition coefficient (Wildman–Crippen LogP) is 1.77. The maximum atomic E-state index is 11.6. The monoisotopic (exact) mass is 151 g/mol. The van der Waals surface area contributed by atoms with Gasteiger partial charge in [-0.25, -0.2) is 0 Å². The van der Waals surface area contributed by atoms with E-state index in [0.29, 0.717) is 6.54 Å². The van der Waals surface area contributed by atoms with Crippen molar-refractivity contribution in [2.45, 2.75) is 12.6 Å². The third kappa shape index (κ3) is 2.29. The first-order valence-corrected chi connectivity index (χ1v) is 3.05. The maximum absolute atomic E-state index is 11.6. The molecule has 0 unspecified atom stereocenters. The van der Waals surface area contributed by atoms with Crippen LogP contribution in [-0.4, -0.2) is 24.2 Å². The molecule has 1 heterocycles. The molecule has 0 aromatic heterocycles. The van der Waals surface area contributed by atoms with E-state index in [1.165, 1.54) is 11.1 Å². The molecule has 1 nitrogen and oxygen atoms in total. The fourth-order valence-electron chi connectivity index (χ4n) is 0.901. The Labute approximate surface area is 57.1 Å². The molecule has 0 N–H and O–H groups in total. The Morgan fingerprint density at radius 1 is 1.40 bits per heavy atom. The van der Waals surface area contributed by atoms with Gasteiger partial charge in [-0.1, -0.05) is 6.08 Å². The second kappa shape index (κ2) is 2.52. The highest BCUT2D eigenvalue weighted by atomic mass is 19.4. The quantitative estimate of drug-likeness (QED) is 0.552. The lowest BCUT2D eigenvalue weighted by atomic mass is 10.5. The van der Waals surface area contributed by atoms with Crippen molar-refractivity contribution in [2.24, 2.45) is 0 Å². The molecule has 1 aliphatic heterocycles. The molecule has 0 saturated carbocycles. The fraction of sp³-hybridized carbons (Fsp3) is 0.667. The number of hydrogen-bond donors (Lipinski definition) is 0. The summed E-state index contributed by atoms with van der Waals surface area (Å²) in [4.78, 5) is 1.26. The van der Waals surface area contributed by atoms with Gasteiger partial charge < -0.3 is 4.90 Å². The Balaban J connectivity index is 2.31. The maximum Gasteiger partial charge on any atom is 0.405 e. The lowest BCUT2D eigenvalue weighted by molar-refractivity contribution is -0.139. The first-order valence-electron chi connectivity index (χ1n) is 3.05. The summed E-state index contributed by atoms with van der Waals surface area (Å²) in [7, 11) is 0. The highest BCUT2D eigenvalue weighted by Gasteiger charge is 2.29. The summed E-state index contributed by atoms with van der Waals surface area (Å²) >= 11 is 0. The van der Waals surface area contributed by atoms with Crippen molar-refractivity contribution in [3.63, 3.8) is 0 Å². The highest BCUT2D eigenvalue weighted by Crippen LogP contribution is 2.18. The smallest absolute Gasteiger partial charge is 0.369 e. The van der Waals surface area contributed by atoms with E-state index >= 15 is 0 Å². The molecular weight excluding hydrogens is 143 g/mol. The van der Waals surface area contributed by atoms with E-state index < -0.39 is 12.7 Å². The predicted molar refractivity (Wildman–Crippen MR) is 31.4 cm³/mol. The minimum Gasteiger partial charge on any atom is -0.369 e. The van der Waals surface area contributed by atoms with Crippen LogP contribution in [0.4, 0.5) is 13.2 Å². The summed E-state index contributed by atoms with van der Waals surface area (Å²) < 4.78 is 34.9. The van der Waals surface area contributed by atoms with Crippen LogP contribution in [0, 0.1) is 0 Å². The van der Waals surface area contributed by atoms with Crippen molar-refractivity contribution in [1.29, 1.82) is 0 Å². The van der Waals surface area contributed by atoms with Crippen LogP contribution in [0.3, 0.4) is 0 Å². The van der Waals surface area contributed by atoms with Gasteiger partial charge in [-0.15, -0.1) is 0 Å². The standard InChI is InChI=1S/C6H8F3N/c7-6(8,9)5-10-3-1-2-4-10/h1,3H,2,4-5H2. The Morgan fingerprint density at radius 2 is 2.10 bits per heavy atom. The van der Waals surface area contributed by atoms with E-state index in [4.69, 9.17) is 0 Å². The van der Waals surface area contributed by atoms with Crippen molar-refractivity contribution >= 4 is 0 Å². The van der Waals surface area contributed by atoms with E-state index in [1.54, 1.807) is 6.08 Å². The van der Waals surface area contributed by atoms with Gasteiger partial charge in [0.25, 0.3) is 0 Å². The van der Waals surface area contributed by atoms with Crippen molar-refractivity contribution in [1.82, 2.24) is 4.90 Å². The summed E-state index contributed by atoms with van der Waals surface area (Å²) in [6.07, 6.45) is -0.0933. The largest absolute Gasteiger partial charge is 0.405 e. The van der Waals surface area contributed by atoms with Gasteiger partial charge in [-0.3, -0.25) is 0 Å². The van der Waals surface area contributed by atoms with Gasteiger partial charge in [0.2, 0.25) is 0 Å². The molecule has 0 atom stereocenters. The molecule has 0 bridgehead atoms. The van der Waals surface area contributed by atoms with E-state index in [1.807, 2.05) is 0 Å². The van der Waals surface area contributed by atoms with Gasteiger partial charge in [0.05, 0.1) is 0 Å². The molecule has 0 spiro atoms. The van der Waals surface area contributed by atoms with Crippen molar-refractivity contribution in [2.75, 3.05) is 13.1 Å². The van der Waals surface area contributed by atoms with E-state index in [2.05, 4.69) is 0 Å². The third-order valence-corrected chi connectivity index (χ3v) is 1.28. The van der Waals surface area contributed by atoms with Crippen LogP contribution >= 0.6 is 0 Å². The van der Waals surface area contributed by atoms with Crippen LogP contribution < -0.4 is 0 Å². The topological polar surface area (TPSA) is 3.24 Å². The van der Waals surface area contributed by atoms with Gasteiger partial charge in [0, 0.05) is 6.54 Å². The number of alkyl halides is 3. The molecule has 1 rings (SSSR count). The summed E-state index contributed by atoms with van der Waals surface area (Å²) in [5.41, 5.74) is 0. The van der Waals surface area contributed by atoms with Gasteiger partial charge in [-0.2, -0.15) is 13.2 Å². The second-order valence-corrected chi connectivity index (χ2v) is 2.26. The number of nitrogens with zero attached hydrogens (tertiary/aromatic N) is 1. The number of hydrogen-bond acceptors (Lipinski definition) is 1. The van der Waals surface area contributed by atoms with Crippen molar-refractivity contribution < 1.29 is 13.2 Å². The molecule has 0 saturated heterocycles. The van der Waals surface area contributed by atoms with Gasteiger partial charge in [-0.05, 0) is 12.6 Å². The summed E-state index contributed by atoms with van der Waals surface area (Å²) in [6.45, 7) is -0.316. The van der Waals surface area contributed by atoms with Crippen molar-refractivity contribution in [3.05, 3.63) is 12.3 Å². The zero-order valence-electron chi connectivity index (χ0n) is 5.36. The minimum atomic E-state index is -4.06. The first kappa shape index (κ1) is 7.44. The Bertz CT molecular complexity index is 138. The molecule has 0 aromatic carbocycles. The minimum absolute atomic E-state index is 0.500. The zero-order chi connectivity index (χ0) is 7.61. The average molecular weight is 151 g/mol. The highest BCUT2D eigenvalue weighted by molar-refractivity contribution is 4.91. The van der Waals surface area contributed by atoms with Crippen molar-refractivity contribution in [3.8, 4) is 0 Å². The molecule has 58 valence electrons. The summed E-state index contributed by atoms with van der Waals surface area (Å²) in [5, 5.41) is 0. The first-order chi connectivity index (χ1) is 4.58. The number of halogens is 3. The molecule has 0 radical (unpaired) electrons. The lowest BCUT2D eigenvalue weighted by Gasteiger charge is -2.16. The molecular formula is C6H8F3N. The summed E-state index contributed by atoms with van der Waals surface area (Å²) in [6, 6.07) is 0. The molecule has 1 aliphatic rings. The van der Waals surface area contributed by atoms with Crippen LogP contribution in [0.15, 0.2) is 12.3 Å². The van der Waals surface area contributed by atoms with Crippen LogP contribution in [0.25, 0.3) is 0 Å². The molecule has 10 heavy (non-hydrogen) atoms. The van der Waals surface area contributed by atoms with Gasteiger partial charge >= 0.3 is 6.18 Å². The van der Waals surface area contributed by atoms with Gasteiger partial charge in [0.15, 0.2) is 0 Å². The number of rotatable bonds is 1. The van der Waals surface area contributed by atoms with Crippen LogP contribution in [-0.2, 0) is 0 Å². The fourth-order valence-corrected chi connectivity index (χ4v) is 0.901.